The zero-order valence-electron chi connectivity index (χ0n) is 9.94. The van der Waals surface area contributed by atoms with Crippen LogP contribution in [0.3, 0.4) is 0 Å². The third-order valence-electron chi connectivity index (χ3n) is 2.17. The molecule has 1 amide bonds. The number of aliphatic carboxylic acids is 1. The minimum absolute atomic E-state index is 0.109. The number of amides is 1. The molecule has 0 aliphatic carbocycles. The van der Waals surface area contributed by atoms with Crippen LogP contribution in [0.2, 0.25) is 0 Å². The quantitative estimate of drug-likeness (QED) is 0.536. The van der Waals surface area contributed by atoms with Crippen molar-refractivity contribution in [3.63, 3.8) is 0 Å². The fraction of sp³-hybridized carbons (Fsp3) is 0.167. The van der Waals surface area contributed by atoms with Crippen LogP contribution in [0.4, 0.5) is 0 Å². The van der Waals surface area contributed by atoms with E-state index < -0.39 is 26.0 Å². The van der Waals surface area contributed by atoms with Gasteiger partial charge in [-0.05, 0) is 18.2 Å². The lowest BCUT2D eigenvalue weighted by molar-refractivity contribution is -0.133. The Morgan fingerprint density at radius 3 is 2.42 bits per heavy atom. The van der Waals surface area contributed by atoms with E-state index in [0.717, 1.165) is 6.08 Å². The normalized spacial score (nSPS) is 11.8. The van der Waals surface area contributed by atoms with Crippen LogP contribution in [0.15, 0.2) is 42.1 Å². The van der Waals surface area contributed by atoms with Crippen LogP contribution < -0.4 is 5.32 Å². The molecule has 100 valence electrons. The van der Waals surface area contributed by atoms with Crippen molar-refractivity contribution in [3.8, 4) is 0 Å². The van der Waals surface area contributed by atoms with Crippen molar-refractivity contribution >= 4 is 19.7 Å². The van der Waals surface area contributed by atoms with Gasteiger partial charge in [0.2, 0.25) is 6.35 Å². The first-order valence-corrected chi connectivity index (χ1v) is 7.00. The van der Waals surface area contributed by atoms with Gasteiger partial charge >= 0.3 is 13.8 Å². The summed E-state index contributed by atoms with van der Waals surface area (Å²) in [5.41, 5.74) is -0.0353. The molecule has 19 heavy (non-hydrogen) atoms. The first-order valence-electron chi connectivity index (χ1n) is 5.37. The van der Waals surface area contributed by atoms with Crippen molar-refractivity contribution in [2.24, 2.45) is 0 Å². The van der Waals surface area contributed by atoms with E-state index in [2.05, 4.69) is 5.32 Å². The summed E-state index contributed by atoms with van der Waals surface area (Å²) in [6, 6.07) is 8.13. The predicted molar refractivity (Wildman–Crippen MR) is 69.2 cm³/mol. The lowest BCUT2D eigenvalue weighted by Crippen LogP contribution is -2.27. The Kier molecular flexibility index (Phi) is 5.85. The summed E-state index contributed by atoms with van der Waals surface area (Å²) in [5, 5.41) is 19.7. The Bertz CT molecular complexity index is 512. The smallest absolute Gasteiger partial charge is 0.370 e. The van der Waals surface area contributed by atoms with Crippen LogP contribution in [0.1, 0.15) is 10.4 Å². The Balaban J connectivity index is 2.77. The van der Waals surface area contributed by atoms with Crippen molar-refractivity contribution in [2.45, 2.75) is 0 Å². The number of benzene rings is 1. The van der Waals surface area contributed by atoms with Gasteiger partial charge < -0.3 is 15.5 Å². The van der Waals surface area contributed by atoms with E-state index in [-0.39, 0.29) is 11.9 Å². The van der Waals surface area contributed by atoms with Gasteiger partial charge in [-0.1, -0.05) is 22.8 Å². The van der Waals surface area contributed by atoms with Crippen LogP contribution in [-0.4, -0.2) is 34.6 Å². The summed E-state index contributed by atoms with van der Waals surface area (Å²) in [4.78, 5) is 22.7. The highest BCUT2D eigenvalue weighted by Crippen LogP contribution is 2.18. The summed E-state index contributed by atoms with van der Waals surface area (Å²) < 4.78 is 11.0. The van der Waals surface area contributed by atoms with E-state index in [4.69, 9.17) is 10.2 Å². The number of aliphatic hydroxyl groups excluding tert-OH is 1. The Hall–Kier alpha value is -2.04. The molecule has 0 saturated heterocycles. The second-order valence-corrected chi connectivity index (χ2v) is 5.16. The van der Waals surface area contributed by atoms with Crippen LogP contribution in [-0.2, 0) is 9.36 Å². The van der Waals surface area contributed by atoms with Gasteiger partial charge in [0, 0.05) is 5.56 Å². The molecular weight excluding hydrogens is 269 g/mol. The lowest BCUT2D eigenvalue weighted by Gasteiger charge is -2.04. The third kappa shape index (κ3) is 4.99. The number of carbonyl (C=O) groups excluding carboxylic acids is 1. The number of carboxylic acids is 1. The van der Waals surface area contributed by atoms with Crippen molar-refractivity contribution < 1.29 is 24.4 Å². The van der Waals surface area contributed by atoms with E-state index in [1.807, 2.05) is 0 Å². The van der Waals surface area contributed by atoms with Crippen LogP contribution in [0.5, 0.6) is 0 Å². The Morgan fingerprint density at radius 2 is 1.89 bits per heavy atom. The van der Waals surface area contributed by atoms with E-state index >= 15 is 0 Å². The maximum absolute atomic E-state index is 11.7. The van der Waals surface area contributed by atoms with Gasteiger partial charge in [0.15, 0.2) is 6.16 Å². The fourth-order valence-corrected chi connectivity index (χ4v) is 1.73. The first kappa shape index (κ1) is 15.0. The zero-order chi connectivity index (χ0) is 14.3. The van der Waals surface area contributed by atoms with E-state index in [9.17, 15) is 14.2 Å². The zero-order valence-corrected chi connectivity index (χ0v) is 10.8. The number of carbonyl (C=O) groups is 2. The summed E-state index contributed by atoms with van der Waals surface area (Å²) in [7, 11) is -1.90. The third-order valence-corrected chi connectivity index (χ3v) is 3.08. The Morgan fingerprint density at radius 1 is 1.26 bits per heavy atom. The topological polar surface area (TPSA) is 104 Å². The summed E-state index contributed by atoms with van der Waals surface area (Å²) >= 11 is 0. The highest BCUT2D eigenvalue weighted by Gasteiger charge is 2.16. The van der Waals surface area contributed by atoms with E-state index in [1.54, 1.807) is 30.3 Å². The van der Waals surface area contributed by atoms with E-state index in [0.29, 0.717) is 5.56 Å². The average molecular weight is 282 g/mol. The minimum atomic E-state index is -1.90. The number of hydrogen-bond acceptors (Lipinski definition) is 4. The number of rotatable bonds is 6. The van der Waals surface area contributed by atoms with Crippen LogP contribution in [0.25, 0.3) is 0 Å². The second kappa shape index (κ2) is 7.41. The molecule has 1 aromatic rings. The highest BCUT2D eigenvalue weighted by atomic mass is 31.1. The van der Waals surface area contributed by atoms with Crippen molar-refractivity contribution in [1.82, 2.24) is 5.32 Å². The van der Waals surface area contributed by atoms with Gasteiger partial charge in [0.1, 0.15) is 5.70 Å². The summed E-state index contributed by atoms with van der Waals surface area (Å²) in [6.07, 6.45) is 0.492. The number of aliphatic hydroxyl groups is 1. The van der Waals surface area contributed by atoms with Gasteiger partial charge in [-0.2, -0.15) is 0 Å². The molecule has 0 fully saturated rings. The molecule has 1 aromatic carbocycles. The molecule has 0 aliphatic heterocycles. The SMILES string of the molecule is O=C(O)/C(=C/C[P+](=O)CO)NC(=O)c1ccccc1. The molecule has 1 atom stereocenters. The molecule has 0 aliphatic rings. The van der Waals surface area contributed by atoms with Crippen LogP contribution in [0, 0.1) is 0 Å². The monoisotopic (exact) mass is 282 g/mol. The molecule has 1 unspecified atom stereocenters. The number of allylic oxidation sites excluding steroid dienone is 1. The lowest BCUT2D eigenvalue weighted by atomic mass is 10.2. The van der Waals surface area contributed by atoms with Gasteiger partial charge in [-0.3, -0.25) is 4.79 Å². The maximum atomic E-state index is 11.7. The summed E-state index contributed by atoms with van der Waals surface area (Å²) in [5.74, 6) is -1.89. The van der Waals surface area contributed by atoms with Gasteiger partial charge in [0.25, 0.3) is 5.91 Å². The maximum Gasteiger partial charge on any atom is 0.370 e. The molecule has 0 heterocycles. The molecule has 7 heteroatoms. The number of carboxylic acid groups (broad SMARTS) is 1. The fourth-order valence-electron chi connectivity index (χ4n) is 1.23. The van der Waals surface area contributed by atoms with Gasteiger partial charge in [-0.25, -0.2) is 4.79 Å². The molecule has 3 N–H and O–H groups in total. The van der Waals surface area contributed by atoms with Gasteiger partial charge in [-0.15, -0.1) is 0 Å². The van der Waals surface area contributed by atoms with E-state index in [1.165, 1.54) is 0 Å². The highest BCUT2D eigenvalue weighted by molar-refractivity contribution is 7.44. The molecular formula is C12H13NO5P+. The Labute approximate surface area is 110 Å². The molecule has 0 bridgehead atoms. The molecule has 0 radical (unpaired) electrons. The molecule has 6 nitrogen and oxygen atoms in total. The molecule has 0 saturated carbocycles. The number of nitrogens with one attached hydrogen (secondary N) is 1. The minimum Gasteiger partial charge on any atom is -0.477 e. The first-order chi connectivity index (χ1) is 9.04. The van der Waals surface area contributed by atoms with Gasteiger partial charge in [0.05, 0.1) is 0 Å². The summed E-state index contributed by atoms with van der Waals surface area (Å²) in [6.45, 7) is 0. The predicted octanol–water partition coefficient (Wildman–Crippen LogP) is 1.16. The van der Waals surface area contributed by atoms with Crippen molar-refractivity contribution in [3.05, 3.63) is 47.7 Å². The standard InChI is InChI=1S/C12H12NO5P/c14-8-19(18)7-6-10(12(16)17)13-11(15)9-4-2-1-3-5-9/h1-6,14H,7-8H2,(H-,13,15,16,17)/p+1/b10-6-. The van der Waals surface area contributed by atoms with Crippen molar-refractivity contribution in [1.29, 1.82) is 0 Å². The molecule has 0 aromatic heterocycles. The largest absolute Gasteiger partial charge is 0.477 e. The number of hydrogen-bond donors (Lipinski definition) is 3. The average Bonchev–Trinajstić information content (AvgIpc) is 2.43. The van der Waals surface area contributed by atoms with Crippen molar-refractivity contribution in [2.75, 3.05) is 12.5 Å². The van der Waals surface area contributed by atoms with Crippen LogP contribution >= 0.6 is 7.80 Å². The molecule has 0 spiro atoms. The molecule has 1 rings (SSSR count). The second-order valence-electron chi connectivity index (χ2n) is 3.55.